The summed E-state index contributed by atoms with van der Waals surface area (Å²) in [6.45, 7) is 1.45. The molecule has 2 aromatic carbocycles. The first-order valence-corrected chi connectivity index (χ1v) is 6.90. The number of ether oxygens (including phenoxy) is 1. The van der Waals surface area contributed by atoms with Crippen LogP contribution in [0.1, 0.15) is 21.5 Å². The molecule has 0 aliphatic rings. The molecule has 0 saturated carbocycles. The molecular formula is C17H16N2O4. The quantitative estimate of drug-likeness (QED) is 0.632. The van der Waals surface area contributed by atoms with Crippen molar-refractivity contribution >= 4 is 18.1 Å². The number of nitrogens with one attached hydrogen (secondary N) is 1. The van der Waals surface area contributed by atoms with Gasteiger partial charge in [0.15, 0.2) is 6.61 Å². The predicted octanol–water partition coefficient (Wildman–Crippen LogP) is 2.22. The van der Waals surface area contributed by atoms with E-state index in [1.54, 1.807) is 42.5 Å². The maximum atomic E-state index is 12.0. The Kier molecular flexibility index (Phi) is 5.46. The number of benzene rings is 2. The van der Waals surface area contributed by atoms with Gasteiger partial charge in [0.1, 0.15) is 5.75 Å². The monoisotopic (exact) mass is 312 g/mol. The van der Waals surface area contributed by atoms with E-state index in [0.717, 1.165) is 5.56 Å². The van der Waals surface area contributed by atoms with Gasteiger partial charge in [0, 0.05) is 11.1 Å². The minimum Gasteiger partial charge on any atom is -0.481 e. The minimum absolute atomic E-state index is 0.325. The zero-order valence-corrected chi connectivity index (χ0v) is 12.5. The number of rotatable bonds is 6. The second-order valence-electron chi connectivity index (χ2n) is 4.79. The number of carbonyl (C=O) groups is 2. The van der Waals surface area contributed by atoms with E-state index in [9.17, 15) is 9.59 Å². The molecule has 2 aromatic rings. The van der Waals surface area contributed by atoms with Gasteiger partial charge in [-0.15, -0.1) is 0 Å². The molecule has 118 valence electrons. The summed E-state index contributed by atoms with van der Waals surface area (Å²) in [6, 6.07) is 14.0. The number of hydrogen-bond acceptors (Lipinski definition) is 4. The minimum atomic E-state index is -1.07. The zero-order chi connectivity index (χ0) is 16.7. The van der Waals surface area contributed by atoms with Gasteiger partial charge in [-0.25, -0.2) is 10.2 Å². The fourth-order valence-corrected chi connectivity index (χ4v) is 1.87. The molecule has 0 bridgehead atoms. The lowest BCUT2D eigenvalue weighted by Gasteiger charge is -2.06. The number of aliphatic carboxylic acids is 1. The molecule has 0 aliphatic carbocycles. The summed E-state index contributed by atoms with van der Waals surface area (Å²) in [7, 11) is 0. The van der Waals surface area contributed by atoms with Crippen LogP contribution in [0.4, 0.5) is 0 Å². The smallest absolute Gasteiger partial charge is 0.341 e. The van der Waals surface area contributed by atoms with Gasteiger partial charge in [-0.3, -0.25) is 4.79 Å². The Bertz CT molecular complexity index is 741. The van der Waals surface area contributed by atoms with Crippen molar-refractivity contribution in [2.75, 3.05) is 6.61 Å². The van der Waals surface area contributed by atoms with Gasteiger partial charge in [0.2, 0.25) is 0 Å². The predicted molar refractivity (Wildman–Crippen MR) is 85.8 cm³/mol. The maximum absolute atomic E-state index is 12.0. The third kappa shape index (κ3) is 4.96. The van der Waals surface area contributed by atoms with Crippen molar-refractivity contribution in [2.45, 2.75) is 6.92 Å². The van der Waals surface area contributed by atoms with Crippen LogP contribution in [0.3, 0.4) is 0 Å². The first kappa shape index (κ1) is 16.2. The van der Waals surface area contributed by atoms with Crippen molar-refractivity contribution in [3.8, 4) is 5.75 Å². The molecule has 1 amide bonds. The van der Waals surface area contributed by atoms with Crippen molar-refractivity contribution in [1.29, 1.82) is 0 Å². The third-order valence-electron chi connectivity index (χ3n) is 2.92. The maximum Gasteiger partial charge on any atom is 0.341 e. The number of carbonyl (C=O) groups excluding carboxylic acids is 1. The van der Waals surface area contributed by atoms with Crippen LogP contribution >= 0.6 is 0 Å². The highest BCUT2D eigenvalue weighted by atomic mass is 16.5. The van der Waals surface area contributed by atoms with Crippen LogP contribution in [0.2, 0.25) is 0 Å². The molecule has 2 N–H and O–H groups in total. The molecule has 2 rings (SSSR count). The van der Waals surface area contributed by atoms with Crippen LogP contribution in [0, 0.1) is 6.92 Å². The van der Waals surface area contributed by atoms with Gasteiger partial charge in [0.25, 0.3) is 5.91 Å². The third-order valence-corrected chi connectivity index (χ3v) is 2.92. The summed E-state index contributed by atoms with van der Waals surface area (Å²) in [4.78, 5) is 22.5. The van der Waals surface area contributed by atoms with Gasteiger partial charge in [-0.05, 0) is 31.2 Å². The van der Waals surface area contributed by atoms with Gasteiger partial charge in [0.05, 0.1) is 6.21 Å². The molecule has 23 heavy (non-hydrogen) atoms. The Morgan fingerprint density at radius 1 is 1.22 bits per heavy atom. The lowest BCUT2D eigenvalue weighted by Crippen LogP contribution is -2.17. The summed E-state index contributed by atoms with van der Waals surface area (Å²) >= 11 is 0. The molecule has 0 aliphatic heterocycles. The van der Waals surface area contributed by atoms with Crippen LogP contribution < -0.4 is 10.2 Å². The van der Waals surface area contributed by atoms with E-state index < -0.39 is 12.6 Å². The largest absolute Gasteiger partial charge is 0.481 e. The highest BCUT2D eigenvalue weighted by Gasteiger charge is 2.05. The van der Waals surface area contributed by atoms with E-state index in [1.807, 2.05) is 13.0 Å². The number of amides is 1. The molecule has 0 unspecified atom stereocenters. The number of carboxylic acids is 1. The van der Waals surface area contributed by atoms with E-state index in [4.69, 9.17) is 9.84 Å². The fourth-order valence-electron chi connectivity index (χ4n) is 1.87. The first-order chi connectivity index (χ1) is 11.1. The molecular weight excluding hydrogens is 296 g/mol. The van der Waals surface area contributed by atoms with Crippen molar-refractivity contribution in [1.82, 2.24) is 5.43 Å². The van der Waals surface area contributed by atoms with E-state index in [0.29, 0.717) is 16.9 Å². The number of aryl methyl sites for hydroxylation is 1. The summed E-state index contributed by atoms with van der Waals surface area (Å²) in [5.41, 5.74) is 4.49. The number of hydrogen-bond donors (Lipinski definition) is 2. The van der Waals surface area contributed by atoms with Crippen molar-refractivity contribution in [3.05, 3.63) is 65.2 Å². The lowest BCUT2D eigenvalue weighted by molar-refractivity contribution is -0.139. The van der Waals surface area contributed by atoms with Gasteiger partial charge in [-0.2, -0.15) is 5.10 Å². The first-order valence-electron chi connectivity index (χ1n) is 6.90. The van der Waals surface area contributed by atoms with Gasteiger partial charge in [-0.1, -0.05) is 29.8 Å². The molecule has 0 radical (unpaired) electrons. The second-order valence-corrected chi connectivity index (χ2v) is 4.79. The Hall–Kier alpha value is -3.15. The summed E-state index contributed by atoms with van der Waals surface area (Å²) in [5, 5.41) is 12.5. The molecule has 0 fully saturated rings. The van der Waals surface area contributed by atoms with Crippen molar-refractivity contribution < 1.29 is 19.4 Å². The van der Waals surface area contributed by atoms with E-state index >= 15 is 0 Å². The number of carboxylic acid groups (broad SMARTS) is 1. The van der Waals surface area contributed by atoms with Crippen molar-refractivity contribution in [3.63, 3.8) is 0 Å². The Morgan fingerprint density at radius 2 is 2.00 bits per heavy atom. The molecule has 0 heterocycles. The fraction of sp³-hybridized carbons (Fsp3) is 0.118. The molecule has 0 saturated heterocycles. The van der Waals surface area contributed by atoms with Crippen LogP contribution in [0.5, 0.6) is 5.75 Å². The highest BCUT2D eigenvalue weighted by molar-refractivity contribution is 5.95. The summed E-state index contributed by atoms with van der Waals surface area (Å²) in [5.74, 6) is -1.01. The van der Waals surface area contributed by atoms with Gasteiger partial charge >= 0.3 is 5.97 Å². The summed E-state index contributed by atoms with van der Waals surface area (Å²) < 4.78 is 5.15. The lowest BCUT2D eigenvalue weighted by atomic mass is 10.1. The van der Waals surface area contributed by atoms with E-state index in [1.165, 1.54) is 6.21 Å². The Labute approximate surface area is 133 Å². The van der Waals surface area contributed by atoms with Crippen LogP contribution in [-0.2, 0) is 4.79 Å². The highest BCUT2D eigenvalue weighted by Crippen LogP contribution is 2.15. The number of hydrazone groups is 1. The van der Waals surface area contributed by atoms with Gasteiger partial charge < -0.3 is 9.84 Å². The topological polar surface area (TPSA) is 88.0 Å². The molecule has 0 spiro atoms. The Balaban J connectivity index is 2.03. The number of para-hydroxylation sites is 1. The molecule has 0 atom stereocenters. The standard InChI is InChI=1S/C17H16N2O4/c1-12-5-4-7-13(9-12)17(22)19-18-10-14-6-2-3-8-15(14)23-11-16(20)21/h2-10H,11H2,1H3,(H,19,22)(H,20,21)/b18-10+. The second kappa shape index (κ2) is 7.74. The Morgan fingerprint density at radius 3 is 2.74 bits per heavy atom. The molecule has 0 aromatic heterocycles. The number of nitrogens with zero attached hydrogens (tertiary/aromatic N) is 1. The van der Waals surface area contributed by atoms with E-state index in [-0.39, 0.29) is 5.91 Å². The normalized spacial score (nSPS) is 10.5. The SMILES string of the molecule is Cc1cccc(C(=O)N/N=C/c2ccccc2OCC(=O)O)c1. The zero-order valence-electron chi connectivity index (χ0n) is 12.5. The van der Waals surface area contributed by atoms with Crippen molar-refractivity contribution in [2.24, 2.45) is 5.10 Å². The molecule has 6 heteroatoms. The van der Waals surface area contributed by atoms with E-state index in [2.05, 4.69) is 10.5 Å². The van der Waals surface area contributed by atoms with Crippen LogP contribution in [0.15, 0.2) is 53.6 Å². The van der Waals surface area contributed by atoms with Crippen LogP contribution in [-0.4, -0.2) is 29.8 Å². The molecule has 6 nitrogen and oxygen atoms in total. The average Bonchev–Trinajstić information content (AvgIpc) is 2.53. The average molecular weight is 312 g/mol. The summed E-state index contributed by atoms with van der Waals surface area (Å²) in [6.07, 6.45) is 1.41. The van der Waals surface area contributed by atoms with Crippen LogP contribution in [0.25, 0.3) is 0 Å².